The van der Waals surface area contributed by atoms with Gasteiger partial charge >= 0.3 is 0 Å². The molecule has 2 aromatic carbocycles. The molecule has 152 valence electrons. The Hall–Kier alpha value is -3.42. The zero-order valence-electron chi connectivity index (χ0n) is 17.1. The number of aryl methyl sites for hydroxylation is 1. The normalized spacial score (nSPS) is 11.7. The first-order chi connectivity index (χ1) is 14.0. The van der Waals surface area contributed by atoms with Gasteiger partial charge in [-0.3, -0.25) is 4.79 Å². The van der Waals surface area contributed by atoms with Crippen LogP contribution in [0.15, 0.2) is 48.5 Å². The molecule has 0 saturated heterocycles. The number of aromatic nitrogens is 4. The molecular formula is C21H25N5O3. The maximum Gasteiger partial charge on any atom is 0.247 e. The molecule has 0 unspecified atom stereocenters. The highest BCUT2D eigenvalue weighted by molar-refractivity contribution is 5.80. The number of tetrazole rings is 1. The second-order valence-corrected chi connectivity index (χ2v) is 6.79. The van der Waals surface area contributed by atoms with Crippen molar-refractivity contribution in [3.63, 3.8) is 0 Å². The van der Waals surface area contributed by atoms with E-state index in [9.17, 15) is 4.79 Å². The topological polar surface area (TPSA) is 82.4 Å². The molecule has 0 saturated carbocycles. The van der Waals surface area contributed by atoms with Gasteiger partial charge in [0.25, 0.3) is 0 Å². The van der Waals surface area contributed by atoms with Crippen LogP contribution in [0.5, 0.6) is 11.5 Å². The van der Waals surface area contributed by atoms with Crippen molar-refractivity contribution in [3.05, 3.63) is 65.5 Å². The summed E-state index contributed by atoms with van der Waals surface area (Å²) in [4.78, 5) is 15.0. The standard InChI is InChI=1S/C21H25N5O3/c1-15-22-23-24-26(15)20(13-16-7-5-9-18(11-16)28-3)21(27)25(2)14-17-8-6-10-19(12-17)29-4/h5-12,20H,13-14H2,1-4H3/t20-/m1/s1. The number of likely N-dealkylation sites (N-methyl/N-ethyl adjacent to an activating group) is 1. The number of carbonyl (C=O) groups is 1. The average molecular weight is 395 g/mol. The summed E-state index contributed by atoms with van der Waals surface area (Å²) in [7, 11) is 5.02. The van der Waals surface area contributed by atoms with Gasteiger partial charge in [0, 0.05) is 20.0 Å². The number of amides is 1. The van der Waals surface area contributed by atoms with Gasteiger partial charge in [-0.15, -0.1) is 5.10 Å². The highest BCUT2D eigenvalue weighted by Gasteiger charge is 2.27. The fourth-order valence-corrected chi connectivity index (χ4v) is 3.20. The molecule has 1 heterocycles. The Kier molecular flexibility index (Phi) is 6.43. The summed E-state index contributed by atoms with van der Waals surface area (Å²) in [5.74, 6) is 2.01. The summed E-state index contributed by atoms with van der Waals surface area (Å²) < 4.78 is 12.2. The number of hydrogen-bond acceptors (Lipinski definition) is 6. The summed E-state index contributed by atoms with van der Waals surface area (Å²) in [6, 6.07) is 14.8. The predicted molar refractivity (Wildman–Crippen MR) is 108 cm³/mol. The van der Waals surface area contributed by atoms with Gasteiger partial charge in [-0.25, -0.2) is 4.68 Å². The third-order valence-electron chi connectivity index (χ3n) is 4.73. The van der Waals surface area contributed by atoms with Gasteiger partial charge in [-0.1, -0.05) is 24.3 Å². The Bertz CT molecular complexity index is 972. The van der Waals surface area contributed by atoms with Crippen molar-refractivity contribution in [2.24, 2.45) is 0 Å². The Morgan fingerprint density at radius 3 is 2.28 bits per heavy atom. The third-order valence-corrected chi connectivity index (χ3v) is 4.73. The van der Waals surface area contributed by atoms with Crippen LogP contribution >= 0.6 is 0 Å². The van der Waals surface area contributed by atoms with Crippen molar-refractivity contribution in [1.82, 2.24) is 25.1 Å². The zero-order chi connectivity index (χ0) is 20.8. The lowest BCUT2D eigenvalue weighted by Crippen LogP contribution is -2.36. The van der Waals surface area contributed by atoms with Crippen LogP contribution in [-0.2, 0) is 17.8 Å². The van der Waals surface area contributed by atoms with Gasteiger partial charge in [0.2, 0.25) is 5.91 Å². The predicted octanol–water partition coefficient (Wildman–Crippen LogP) is 2.44. The molecular weight excluding hydrogens is 370 g/mol. The van der Waals surface area contributed by atoms with E-state index in [1.165, 1.54) is 0 Å². The van der Waals surface area contributed by atoms with E-state index in [-0.39, 0.29) is 5.91 Å². The van der Waals surface area contributed by atoms with E-state index in [1.807, 2.05) is 48.5 Å². The van der Waals surface area contributed by atoms with E-state index < -0.39 is 6.04 Å². The molecule has 3 aromatic rings. The average Bonchev–Trinajstić information content (AvgIpc) is 3.17. The van der Waals surface area contributed by atoms with Gasteiger partial charge in [-0.05, 0) is 52.7 Å². The summed E-state index contributed by atoms with van der Waals surface area (Å²) in [5.41, 5.74) is 1.95. The molecule has 8 heteroatoms. The van der Waals surface area contributed by atoms with Crippen molar-refractivity contribution in [1.29, 1.82) is 0 Å². The number of methoxy groups -OCH3 is 2. The molecule has 0 aliphatic heterocycles. The lowest BCUT2D eigenvalue weighted by Gasteiger charge is -2.24. The van der Waals surface area contributed by atoms with E-state index in [0.717, 1.165) is 22.6 Å². The molecule has 1 amide bonds. The largest absolute Gasteiger partial charge is 0.497 e. The molecule has 0 N–H and O–H groups in total. The summed E-state index contributed by atoms with van der Waals surface area (Å²) >= 11 is 0. The van der Waals surface area contributed by atoms with Gasteiger partial charge in [0.1, 0.15) is 23.4 Å². The van der Waals surface area contributed by atoms with Gasteiger partial charge < -0.3 is 14.4 Å². The van der Waals surface area contributed by atoms with Crippen LogP contribution in [0.3, 0.4) is 0 Å². The minimum absolute atomic E-state index is 0.0777. The number of benzene rings is 2. The maximum absolute atomic E-state index is 13.4. The minimum atomic E-state index is -0.562. The van der Waals surface area contributed by atoms with Gasteiger partial charge in [0.15, 0.2) is 0 Å². The number of carbonyl (C=O) groups excluding carboxylic acids is 1. The number of hydrogen-bond donors (Lipinski definition) is 0. The van der Waals surface area contributed by atoms with Crippen LogP contribution in [-0.4, -0.2) is 52.3 Å². The minimum Gasteiger partial charge on any atom is -0.497 e. The molecule has 0 radical (unpaired) electrons. The Morgan fingerprint density at radius 2 is 1.69 bits per heavy atom. The van der Waals surface area contributed by atoms with Crippen molar-refractivity contribution < 1.29 is 14.3 Å². The van der Waals surface area contributed by atoms with Crippen molar-refractivity contribution in [2.75, 3.05) is 21.3 Å². The van der Waals surface area contributed by atoms with Crippen molar-refractivity contribution in [3.8, 4) is 11.5 Å². The van der Waals surface area contributed by atoms with E-state index in [4.69, 9.17) is 9.47 Å². The lowest BCUT2D eigenvalue weighted by atomic mass is 10.0. The summed E-state index contributed by atoms with van der Waals surface area (Å²) in [6.07, 6.45) is 0.449. The van der Waals surface area contributed by atoms with Gasteiger partial charge in [0.05, 0.1) is 14.2 Å². The Morgan fingerprint density at radius 1 is 1.07 bits per heavy atom. The fraction of sp³-hybridized carbons (Fsp3) is 0.333. The van der Waals surface area contributed by atoms with Crippen molar-refractivity contribution in [2.45, 2.75) is 25.9 Å². The van der Waals surface area contributed by atoms with Crippen LogP contribution in [0, 0.1) is 6.92 Å². The number of nitrogens with zero attached hydrogens (tertiary/aromatic N) is 5. The molecule has 0 spiro atoms. The molecule has 0 fully saturated rings. The molecule has 1 aromatic heterocycles. The lowest BCUT2D eigenvalue weighted by molar-refractivity contribution is -0.134. The van der Waals surface area contributed by atoms with Crippen LogP contribution in [0.2, 0.25) is 0 Å². The maximum atomic E-state index is 13.4. The number of rotatable bonds is 8. The fourth-order valence-electron chi connectivity index (χ4n) is 3.20. The third kappa shape index (κ3) is 4.90. The van der Waals surface area contributed by atoms with Crippen molar-refractivity contribution >= 4 is 5.91 Å². The Labute approximate surface area is 170 Å². The monoisotopic (exact) mass is 395 g/mol. The second-order valence-electron chi connectivity index (χ2n) is 6.79. The van der Waals surface area contributed by atoms with E-state index in [1.54, 1.807) is 37.8 Å². The summed E-state index contributed by atoms with van der Waals surface area (Å²) in [6.45, 7) is 2.24. The van der Waals surface area contributed by atoms with E-state index in [0.29, 0.717) is 18.8 Å². The molecule has 0 aliphatic rings. The van der Waals surface area contributed by atoms with E-state index >= 15 is 0 Å². The number of ether oxygens (including phenoxy) is 2. The molecule has 8 nitrogen and oxygen atoms in total. The van der Waals surface area contributed by atoms with Crippen LogP contribution in [0.4, 0.5) is 0 Å². The first-order valence-electron chi connectivity index (χ1n) is 9.27. The Balaban J connectivity index is 1.84. The van der Waals surface area contributed by atoms with Crippen LogP contribution < -0.4 is 9.47 Å². The highest BCUT2D eigenvalue weighted by atomic mass is 16.5. The first-order valence-corrected chi connectivity index (χ1v) is 9.27. The zero-order valence-corrected chi connectivity index (χ0v) is 17.1. The molecule has 3 rings (SSSR count). The first kappa shape index (κ1) is 20.3. The summed E-state index contributed by atoms with van der Waals surface area (Å²) in [5, 5.41) is 11.7. The highest BCUT2D eigenvalue weighted by Crippen LogP contribution is 2.22. The second kappa shape index (κ2) is 9.18. The van der Waals surface area contributed by atoms with Gasteiger partial charge in [-0.2, -0.15) is 0 Å². The smallest absolute Gasteiger partial charge is 0.247 e. The quantitative estimate of drug-likeness (QED) is 0.583. The molecule has 1 atom stereocenters. The van der Waals surface area contributed by atoms with Crippen LogP contribution in [0.25, 0.3) is 0 Å². The van der Waals surface area contributed by atoms with E-state index in [2.05, 4.69) is 15.5 Å². The molecule has 0 aliphatic carbocycles. The molecule has 0 bridgehead atoms. The SMILES string of the molecule is COc1cccc(C[C@H](C(=O)N(C)Cc2cccc(OC)c2)n2nnnc2C)c1. The molecule has 29 heavy (non-hydrogen) atoms. The van der Waals surface area contributed by atoms with Crippen LogP contribution in [0.1, 0.15) is 23.0 Å².